The Labute approximate surface area is 135 Å². The number of rotatable bonds is 10. The van der Waals surface area contributed by atoms with Gasteiger partial charge in [0, 0.05) is 24.2 Å². The van der Waals surface area contributed by atoms with E-state index in [-0.39, 0.29) is 12.3 Å². The number of aliphatic carboxylic acids is 1. The van der Waals surface area contributed by atoms with Gasteiger partial charge in [-0.15, -0.1) is 0 Å². The first-order valence-corrected chi connectivity index (χ1v) is 7.65. The Hall–Kier alpha value is -2.57. The fourth-order valence-corrected chi connectivity index (χ4v) is 2.12. The number of anilines is 1. The van der Waals surface area contributed by atoms with Crippen LogP contribution in [0, 0.1) is 0 Å². The zero-order chi connectivity index (χ0) is 17.1. The highest BCUT2D eigenvalue weighted by atomic mass is 16.4. The van der Waals surface area contributed by atoms with Gasteiger partial charge in [0.1, 0.15) is 0 Å². The van der Waals surface area contributed by atoms with Crippen molar-refractivity contribution in [2.24, 2.45) is 5.73 Å². The quantitative estimate of drug-likeness (QED) is 0.494. The standard InChI is InChI=1S/C16H23N3O4/c17-16(23)19-13-8-6-7-12(11-13)15(22)18-10-5-3-1-2-4-9-14(20)21/h6-8,11H,1-5,9-10H2,(H,18,22)(H,20,21)(H3,17,19,23). The Balaban J connectivity index is 2.21. The van der Waals surface area contributed by atoms with E-state index in [0.717, 1.165) is 25.7 Å². The van der Waals surface area contributed by atoms with Gasteiger partial charge in [-0.25, -0.2) is 4.79 Å². The number of hydrogen-bond acceptors (Lipinski definition) is 3. The molecule has 0 aliphatic rings. The summed E-state index contributed by atoms with van der Waals surface area (Å²) in [6, 6.07) is 5.87. The third-order valence-electron chi connectivity index (χ3n) is 3.25. The predicted octanol–water partition coefficient (Wildman–Crippen LogP) is 2.33. The molecule has 0 atom stereocenters. The van der Waals surface area contributed by atoms with Crippen LogP contribution in [-0.2, 0) is 4.79 Å². The molecule has 0 aliphatic heterocycles. The summed E-state index contributed by atoms with van der Waals surface area (Å²) in [6.45, 7) is 0.561. The lowest BCUT2D eigenvalue weighted by Crippen LogP contribution is -2.25. The van der Waals surface area contributed by atoms with Crippen molar-refractivity contribution in [2.75, 3.05) is 11.9 Å². The highest BCUT2D eigenvalue weighted by Gasteiger charge is 2.06. The molecule has 1 rings (SSSR count). The molecule has 23 heavy (non-hydrogen) atoms. The minimum absolute atomic E-state index is 0.205. The lowest BCUT2D eigenvalue weighted by atomic mass is 10.1. The van der Waals surface area contributed by atoms with Crippen LogP contribution in [0.2, 0.25) is 0 Å². The van der Waals surface area contributed by atoms with Crippen LogP contribution < -0.4 is 16.4 Å². The molecule has 0 bridgehead atoms. The number of amides is 3. The molecule has 0 radical (unpaired) electrons. The molecule has 0 aliphatic carbocycles. The minimum atomic E-state index is -0.759. The van der Waals surface area contributed by atoms with Gasteiger partial charge >= 0.3 is 12.0 Å². The maximum atomic E-state index is 12.0. The van der Waals surface area contributed by atoms with Gasteiger partial charge in [0.05, 0.1) is 0 Å². The van der Waals surface area contributed by atoms with Crippen molar-refractivity contribution in [1.29, 1.82) is 0 Å². The second-order valence-corrected chi connectivity index (χ2v) is 5.24. The van der Waals surface area contributed by atoms with Crippen LogP contribution in [0.25, 0.3) is 0 Å². The Morgan fingerprint density at radius 3 is 2.43 bits per heavy atom. The minimum Gasteiger partial charge on any atom is -0.481 e. The average molecular weight is 321 g/mol. The number of benzene rings is 1. The summed E-state index contributed by atoms with van der Waals surface area (Å²) in [5.41, 5.74) is 5.96. The van der Waals surface area contributed by atoms with Gasteiger partial charge in [-0.2, -0.15) is 0 Å². The lowest BCUT2D eigenvalue weighted by molar-refractivity contribution is -0.137. The molecule has 0 fully saturated rings. The number of nitrogens with two attached hydrogens (primary N) is 1. The molecule has 0 saturated heterocycles. The molecule has 0 heterocycles. The highest BCUT2D eigenvalue weighted by molar-refractivity contribution is 5.96. The number of carbonyl (C=O) groups excluding carboxylic acids is 2. The van der Waals surface area contributed by atoms with Crippen LogP contribution in [0.5, 0.6) is 0 Å². The Bertz CT molecular complexity index is 546. The summed E-state index contributed by atoms with van der Waals surface area (Å²) in [7, 11) is 0. The van der Waals surface area contributed by atoms with Gasteiger partial charge in [-0.05, 0) is 31.0 Å². The molecule has 0 spiro atoms. The van der Waals surface area contributed by atoms with Crippen molar-refractivity contribution < 1.29 is 19.5 Å². The molecule has 1 aromatic carbocycles. The number of urea groups is 1. The predicted molar refractivity (Wildman–Crippen MR) is 87.3 cm³/mol. The molecule has 5 N–H and O–H groups in total. The molecular weight excluding hydrogens is 298 g/mol. The van der Waals surface area contributed by atoms with Gasteiger partial charge in [0.15, 0.2) is 0 Å². The van der Waals surface area contributed by atoms with Crippen molar-refractivity contribution in [3.05, 3.63) is 29.8 Å². The molecule has 0 aromatic heterocycles. The first-order chi connectivity index (χ1) is 11.0. The van der Waals surface area contributed by atoms with E-state index >= 15 is 0 Å². The van der Waals surface area contributed by atoms with Crippen LogP contribution in [0.15, 0.2) is 24.3 Å². The first-order valence-electron chi connectivity index (χ1n) is 7.65. The number of unbranched alkanes of at least 4 members (excludes halogenated alkanes) is 4. The summed E-state index contributed by atoms with van der Waals surface area (Å²) in [5, 5.41) is 13.7. The Kier molecular flexibility index (Phi) is 8.20. The molecular formula is C16H23N3O4. The maximum absolute atomic E-state index is 12.0. The number of carbonyl (C=O) groups is 3. The van der Waals surface area contributed by atoms with Gasteiger partial charge < -0.3 is 21.5 Å². The van der Waals surface area contributed by atoms with Crippen LogP contribution in [0.4, 0.5) is 10.5 Å². The van der Waals surface area contributed by atoms with Crippen LogP contribution in [0.3, 0.4) is 0 Å². The molecule has 0 saturated carbocycles. The third kappa shape index (κ3) is 8.45. The number of hydrogen-bond donors (Lipinski definition) is 4. The third-order valence-corrected chi connectivity index (χ3v) is 3.25. The molecule has 0 unspecified atom stereocenters. The van der Waals surface area contributed by atoms with E-state index in [1.54, 1.807) is 24.3 Å². The first kappa shape index (κ1) is 18.5. The summed E-state index contributed by atoms with van der Waals surface area (Å²) in [5.74, 6) is -0.964. The zero-order valence-electron chi connectivity index (χ0n) is 13.0. The van der Waals surface area contributed by atoms with Crippen molar-refractivity contribution in [3.63, 3.8) is 0 Å². The summed E-state index contributed by atoms with van der Waals surface area (Å²) in [4.78, 5) is 33.1. The molecule has 3 amide bonds. The maximum Gasteiger partial charge on any atom is 0.316 e. The van der Waals surface area contributed by atoms with Crippen molar-refractivity contribution >= 4 is 23.6 Å². The number of carboxylic acid groups (broad SMARTS) is 1. The second kappa shape index (κ2) is 10.2. The average Bonchev–Trinajstić information content (AvgIpc) is 2.49. The van der Waals surface area contributed by atoms with Gasteiger partial charge in [-0.3, -0.25) is 9.59 Å². The lowest BCUT2D eigenvalue weighted by Gasteiger charge is -2.07. The normalized spacial score (nSPS) is 10.1. The molecule has 7 heteroatoms. The fourth-order valence-electron chi connectivity index (χ4n) is 2.12. The summed E-state index contributed by atoms with van der Waals surface area (Å²) in [6.07, 6.45) is 4.55. The van der Waals surface area contributed by atoms with Crippen LogP contribution >= 0.6 is 0 Å². The SMILES string of the molecule is NC(=O)Nc1cccc(C(=O)NCCCCCCCC(=O)O)c1. The highest BCUT2D eigenvalue weighted by Crippen LogP contribution is 2.10. The number of nitrogens with one attached hydrogen (secondary N) is 2. The Morgan fingerprint density at radius 2 is 1.74 bits per heavy atom. The fraction of sp³-hybridized carbons (Fsp3) is 0.438. The smallest absolute Gasteiger partial charge is 0.316 e. The number of primary amides is 1. The molecule has 126 valence electrons. The van der Waals surface area contributed by atoms with E-state index in [4.69, 9.17) is 10.8 Å². The van der Waals surface area contributed by atoms with E-state index < -0.39 is 12.0 Å². The monoisotopic (exact) mass is 321 g/mol. The van der Waals surface area contributed by atoms with E-state index in [1.807, 2.05) is 0 Å². The topological polar surface area (TPSA) is 122 Å². The van der Waals surface area contributed by atoms with E-state index in [2.05, 4.69) is 10.6 Å². The molecule has 1 aromatic rings. The zero-order valence-corrected chi connectivity index (χ0v) is 13.0. The Morgan fingerprint density at radius 1 is 1.04 bits per heavy atom. The van der Waals surface area contributed by atoms with E-state index in [9.17, 15) is 14.4 Å². The van der Waals surface area contributed by atoms with Crippen molar-refractivity contribution in [3.8, 4) is 0 Å². The summed E-state index contributed by atoms with van der Waals surface area (Å²) < 4.78 is 0. The van der Waals surface area contributed by atoms with Crippen LogP contribution in [-0.4, -0.2) is 29.6 Å². The van der Waals surface area contributed by atoms with Gasteiger partial charge in [0.2, 0.25) is 0 Å². The van der Waals surface area contributed by atoms with Crippen molar-refractivity contribution in [2.45, 2.75) is 38.5 Å². The number of carboxylic acids is 1. The largest absolute Gasteiger partial charge is 0.481 e. The van der Waals surface area contributed by atoms with Gasteiger partial charge in [-0.1, -0.05) is 25.3 Å². The second-order valence-electron chi connectivity index (χ2n) is 5.24. The van der Waals surface area contributed by atoms with E-state index in [0.29, 0.717) is 24.2 Å². The van der Waals surface area contributed by atoms with E-state index in [1.165, 1.54) is 0 Å². The van der Waals surface area contributed by atoms with Crippen molar-refractivity contribution in [1.82, 2.24) is 5.32 Å². The van der Waals surface area contributed by atoms with Crippen LogP contribution in [0.1, 0.15) is 48.9 Å². The summed E-state index contributed by atoms with van der Waals surface area (Å²) >= 11 is 0. The van der Waals surface area contributed by atoms with Gasteiger partial charge in [0.25, 0.3) is 5.91 Å². The molecule has 7 nitrogen and oxygen atoms in total.